The van der Waals surface area contributed by atoms with Gasteiger partial charge in [-0.05, 0) is 264 Å². The molecule has 8 bridgehead atoms. The summed E-state index contributed by atoms with van der Waals surface area (Å²) < 4.78 is 41.3. The van der Waals surface area contributed by atoms with Gasteiger partial charge in [-0.25, -0.2) is 9.97 Å². The summed E-state index contributed by atoms with van der Waals surface area (Å²) in [6, 6.07) is 30.1. The minimum Gasteiger partial charge on any atom is -0.465 e. The molecule has 6 aliphatic heterocycles. The largest absolute Gasteiger partial charge is 0.494 e. The summed E-state index contributed by atoms with van der Waals surface area (Å²) in [4.78, 5) is 45.5. The number of fused-ring (bicyclic) bond motifs is 18. The van der Waals surface area contributed by atoms with Crippen LogP contribution in [0.4, 0.5) is 0 Å². The predicted molar refractivity (Wildman–Crippen MR) is 415 cm³/mol. The van der Waals surface area contributed by atoms with Crippen LogP contribution in [0.25, 0.3) is 68.6 Å². The summed E-state index contributed by atoms with van der Waals surface area (Å²) in [6.07, 6.45) is 14.1. The Morgan fingerprint density at radius 3 is 1.25 bits per heavy atom. The summed E-state index contributed by atoms with van der Waals surface area (Å²) in [7, 11) is -1.08. The third kappa shape index (κ3) is 12.0. The van der Waals surface area contributed by atoms with Crippen molar-refractivity contribution in [1.82, 2.24) is 19.9 Å². The lowest BCUT2D eigenvalue weighted by Crippen LogP contribution is -2.55. The first-order valence-electron chi connectivity index (χ1n) is 40.7. The highest BCUT2D eigenvalue weighted by molar-refractivity contribution is 6.62. The Hall–Kier alpha value is -6.21. The standard InChI is InChI=1S/C88H112B2N4O12/c1-45(2)47(5)79-81(49(7)61-25-27-63-59-43-101-83(99)67-39-73(95)75(97)41-87(67,11)65(59)33-35-85(61,63)9)105-89(103-79)53-17-13-51(14-18-53)77-69-29-21-55(91-69)37-57-23-31-71(93-57)78(72-32-24-58(94-72)38-56-22-30-70(77)92-56)52-15-19-54(20-16-52)90-104-80(48(6)46(3)4)82(106-90)50(8)62-26-28-64-60-44-102-84(100)68-40-74(96)76(98)42-88(68,12)66(60)34-36-86(62,64)10/h13-24,29-32,37-38,45-50,59-68,73-76,79-82,91-92,95-98H,25-28,33-36,39-44H2,1-12H3/t47-,48-,49+,50+,59+,60+,61-,62-,63+,64+,65+,66+,67-,68-,73+,74+,75-,76-,79-,80-,81-,82-,85-,86-,87-,88-/m1/s1. The second kappa shape index (κ2) is 27.4. The summed E-state index contributed by atoms with van der Waals surface area (Å²) in [5, 5.41) is 43.6. The van der Waals surface area contributed by atoms with Gasteiger partial charge in [-0.1, -0.05) is 132 Å². The van der Waals surface area contributed by atoms with E-state index in [1.807, 2.05) is 0 Å². The van der Waals surface area contributed by atoms with Gasteiger partial charge in [-0.2, -0.15) is 0 Å². The summed E-state index contributed by atoms with van der Waals surface area (Å²) >= 11 is 0. The molecular weight excluding hydrogens is 1330 g/mol. The van der Waals surface area contributed by atoms with E-state index in [4.69, 9.17) is 38.1 Å². The van der Waals surface area contributed by atoms with Crippen LogP contribution in [-0.2, 0) is 37.7 Å². The molecule has 0 unspecified atom stereocenters. The van der Waals surface area contributed by atoms with E-state index >= 15 is 0 Å². The lowest BCUT2D eigenvalue weighted by atomic mass is 9.48. The fourth-order valence-corrected chi connectivity index (χ4v) is 24.9. The van der Waals surface area contributed by atoms with Gasteiger partial charge in [0.05, 0.1) is 96.7 Å². The third-order valence-corrected chi connectivity index (χ3v) is 31.4. The first-order valence-corrected chi connectivity index (χ1v) is 40.7. The number of aliphatic hydroxyl groups excluding tert-OH is 4. The number of nitrogens with one attached hydrogen (secondary N) is 2. The molecule has 12 aliphatic rings. The highest BCUT2D eigenvalue weighted by atomic mass is 16.7. The Kier molecular flexibility index (Phi) is 18.8. The monoisotopic (exact) mass is 1440 g/mol. The fourth-order valence-electron chi connectivity index (χ4n) is 24.9. The van der Waals surface area contributed by atoms with Crippen LogP contribution in [0.3, 0.4) is 0 Å². The third-order valence-electron chi connectivity index (χ3n) is 31.4. The van der Waals surface area contributed by atoms with Gasteiger partial charge < -0.3 is 58.5 Å². The second-order valence-corrected chi connectivity index (χ2v) is 37.2. The van der Waals surface area contributed by atoms with Gasteiger partial charge in [0, 0.05) is 33.2 Å². The Bertz CT molecular complexity index is 4330. The van der Waals surface area contributed by atoms with E-state index in [9.17, 15) is 30.0 Å². The highest BCUT2D eigenvalue weighted by Crippen LogP contribution is 2.69. The van der Waals surface area contributed by atoms with Crippen molar-refractivity contribution in [3.05, 3.63) is 108 Å². The smallest absolute Gasteiger partial charge is 0.465 e. The van der Waals surface area contributed by atoms with E-state index in [-0.39, 0.29) is 107 Å². The number of aliphatic hydroxyl groups is 4. The predicted octanol–water partition coefficient (Wildman–Crippen LogP) is 14.3. The molecule has 5 aromatic rings. The van der Waals surface area contributed by atoms with E-state index < -0.39 is 61.3 Å². The fraction of sp³-hybridized carbons (Fsp3) is 0.614. The molecule has 562 valence electrons. The topological polar surface area (TPSA) is 228 Å². The van der Waals surface area contributed by atoms with Gasteiger partial charge in [0.15, 0.2) is 0 Å². The molecule has 6 N–H and O–H groups in total. The molecule has 10 fully saturated rings. The molecule has 4 saturated heterocycles. The average molecular weight is 1440 g/mol. The maximum atomic E-state index is 13.7. The number of hydrogen-bond acceptors (Lipinski definition) is 14. The molecule has 0 amide bonds. The zero-order chi connectivity index (χ0) is 73.9. The number of rotatable bonds is 12. The van der Waals surface area contributed by atoms with Gasteiger partial charge in [-0.3, -0.25) is 9.59 Å². The van der Waals surface area contributed by atoms with Gasteiger partial charge >= 0.3 is 26.2 Å². The molecule has 2 aromatic carbocycles. The quantitative estimate of drug-likeness (QED) is 0.0494. The molecule has 9 heterocycles. The van der Waals surface area contributed by atoms with Crippen molar-refractivity contribution in [3.63, 3.8) is 0 Å². The molecule has 18 heteroatoms. The molecule has 3 aromatic heterocycles. The lowest BCUT2D eigenvalue weighted by Gasteiger charge is -2.56. The first kappa shape index (κ1) is 72.6. The van der Waals surface area contributed by atoms with Crippen LogP contribution >= 0.6 is 0 Å². The van der Waals surface area contributed by atoms with Gasteiger partial charge in [0.1, 0.15) is 0 Å². The maximum absolute atomic E-state index is 13.7. The van der Waals surface area contributed by atoms with E-state index in [1.165, 1.54) is 0 Å². The van der Waals surface area contributed by atoms with Crippen molar-refractivity contribution in [2.45, 2.75) is 209 Å². The Morgan fingerprint density at radius 2 is 0.840 bits per heavy atom. The number of ether oxygens (including phenoxy) is 2. The number of cyclic esters (lactones) is 2. The molecule has 17 rings (SSSR count). The van der Waals surface area contributed by atoms with E-state index in [2.05, 4.69) is 202 Å². The van der Waals surface area contributed by atoms with Crippen molar-refractivity contribution in [2.24, 2.45) is 116 Å². The van der Waals surface area contributed by atoms with Gasteiger partial charge in [0.2, 0.25) is 0 Å². The number of carbonyl (C=O) groups excluding carboxylic acids is 2. The molecule has 0 radical (unpaired) electrons. The summed E-state index contributed by atoms with van der Waals surface area (Å²) in [6.45, 7) is 28.8. The maximum Gasteiger partial charge on any atom is 0.494 e. The minimum absolute atomic E-state index is 0.0172. The van der Waals surface area contributed by atoms with Crippen LogP contribution in [0.5, 0.6) is 0 Å². The minimum atomic E-state index is -0.903. The Balaban J connectivity index is 0.619. The molecule has 0 spiro atoms. The van der Waals surface area contributed by atoms with Crippen molar-refractivity contribution < 1.29 is 58.1 Å². The van der Waals surface area contributed by atoms with Crippen molar-refractivity contribution in [3.8, 4) is 22.3 Å². The van der Waals surface area contributed by atoms with Gasteiger partial charge in [0.25, 0.3) is 0 Å². The van der Waals surface area contributed by atoms with Crippen LogP contribution in [-0.4, -0.2) is 129 Å². The second-order valence-electron chi connectivity index (χ2n) is 37.2. The van der Waals surface area contributed by atoms with Crippen LogP contribution in [0, 0.1) is 116 Å². The van der Waals surface area contributed by atoms with Crippen molar-refractivity contribution in [2.75, 3.05) is 13.2 Å². The summed E-state index contributed by atoms with van der Waals surface area (Å²) in [5.41, 5.74) is 12.1. The van der Waals surface area contributed by atoms with Crippen LogP contribution in [0.15, 0.2) is 84.9 Å². The zero-order valence-corrected chi connectivity index (χ0v) is 64.3. The van der Waals surface area contributed by atoms with E-state index in [0.717, 1.165) is 129 Å². The van der Waals surface area contributed by atoms with Gasteiger partial charge in [-0.15, -0.1) is 0 Å². The Morgan fingerprint density at radius 1 is 0.453 bits per heavy atom. The zero-order valence-electron chi connectivity index (χ0n) is 64.3. The first-order chi connectivity index (χ1) is 50.7. The van der Waals surface area contributed by atoms with Crippen molar-refractivity contribution in [1.29, 1.82) is 0 Å². The van der Waals surface area contributed by atoms with Crippen LogP contribution < -0.4 is 10.9 Å². The molecule has 16 nitrogen and oxygen atoms in total. The van der Waals surface area contributed by atoms with Crippen LogP contribution in [0.1, 0.15) is 183 Å². The van der Waals surface area contributed by atoms with E-state index in [1.54, 1.807) is 0 Å². The number of esters is 2. The molecule has 6 aliphatic carbocycles. The number of aromatic amines is 2. The normalized spacial score (nSPS) is 38.7. The number of H-pyrrole nitrogens is 2. The number of hydrogen-bond donors (Lipinski definition) is 6. The number of benzene rings is 2. The van der Waals surface area contributed by atoms with E-state index in [0.29, 0.717) is 61.6 Å². The van der Waals surface area contributed by atoms with Crippen LogP contribution in [0.2, 0.25) is 0 Å². The number of carbonyl (C=O) groups is 2. The molecular formula is C88H112B2N4O12. The van der Waals surface area contributed by atoms with Crippen molar-refractivity contribution >= 4 is 83.5 Å². The highest BCUT2D eigenvalue weighted by Gasteiger charge is 2.66. The summed E-state index contributed by atoms with van der Waals surface area (Å²) in [5.74, 6) is 2.86. The molecule has 6 saturated carbocycles. The molecule has 106 heavy (non-hydrogen) atoms. The number of nitrogens with zero attached hydrogens (tertiary/aromatic N) is 2. The average Bonchev–Trinajstić information content (AvgIpc) is 1.47. The SMILES string of the molecule is CC(C)[C@@H](C)[C@H]1OB(c2ccc(-c3c4nc(cc5ccc([nH]5)c(-c5ccc(B6O[C@H]([C@@H](C)[C@H]7CC[C@H]8[C@@H]9COC(=O)[C@H]%10C[C@H](O)[C@H](O)C[C@]%10(C)[C@H]9CC[C@]78C)[C@@H]([C@H](C)C(C)C)O6)cc5)c5ccc(cc6nc3C=C6)[nH]5)C=C4)cc2)O[C@@H]1[C@@H](C)[C@H]1CC[C@H]2[C@@H]3COC(=O)[C@H]4C[C@H](O)[C@H](O)C[C@]4(C)[C@H]3CC[C@]12C. The number of aromatic nitrogens is 4. The Labute approximate surface area is 626 Å². The molecule has 26 atom stereocenters. The lowest BCUT2D eigenvalue weighted by molar-refractivity contribution is -0.163.